The van der Waals surface area contributed by atoms with E-state index in [1.165, 1.54) is 38.9 Å². The Morgan fingerprint density at radius 2 is 1.96 bits per heavy atom. The SMILES string of the molecule is CCCN1CCC(NC(=NCc2ccc(OC)c(OCC)c2)NCC)CC1. The third-order valence-corrected chi connectivity index (χ3v) is 4.76. The monoisotopic (exact) mass is 376 g/mol. The van der Waals surface area contributed by atoms with E-state index >= 15 is 0 Å². The van der Waals surface area contributed by atoms with E-state index in [0.717, 1.165) is 29.6 Å². The number of aliphatic imine (C=N–C) groups is 1. The number of piperidine rings is 1. The van der Waals surface area contributed by atoms with Crippen LogP contribution >= 0.6 is 0 Å². The first-order chi connectivity index (χ1) is 13.2. The molecule has 0 aromatic heterocycles. The molecule has 0 spiro atoms. The van der Waals surface area contributed by atoms with Gasteiger partial charge in [-0.3, -0.25) is 0 Å². The van der Waals surface area contributed by atoms with Crippen LogP contribution < -0.4 is 20.1 Å². The number of likely N-dealkylation sites (tertiary alicyclic amines) is 1. The lowest BCUT2D eigenvalue weighted by molar-refractivity contribution is 0.206. The topological polar surface area (TPSA) is 58.1 Å². The molecule has 0 bridgehead atoms. The predicted molar refractivity (Wildman–Crippen MR) is 112 cm³/mol. The number of nitrogens with zero attached hydrogens (tertiary/aromatic N) is 2. The van der Waals surface area contributed by atoms with E-state index in [2.05, 4.69) is 29.4 Å². The smallest absolute Gasteiger partial charge is 0.191 e. The Kier molecular flexibility index (Phi) is 9.25. The van der Waals surface area contributed by atoms with Gasteiger partial charge in [0.25, 0.3) is 0 Å². The van der Waals surface area contributed by atoms with Gasteiger partial charge in [0.15, 0.2) is 17.5 Å². The fourth-order valence-corrected chi connectivity index (χ4v) is 3.39. The van der Waals surface area contributed by atoms with Gasteiger partial charge in [0.05, 0.1) is 20.3 Å². The van der Waals surface area contributed by atoms with Gasteiger partial charge in [0, 0.05) is 25.7 Å². The minimum atomic E-state index is 0.491. The van der Waals surface area contributed by atoms with E-state index in [0.29, 0.717) is 19.2 Å². The summed E-state index contributed by atoms with van der Waals surface area (Å²) in [7, 11) is 1.66. The van der Waals surface area contributed by atoms with Crippen LogP contribution in [0.1, 0.15) is 45.6 Å². The molecule has 1 aliphatic heterocycles. The van der Waals surface area contributed by atoms with Crippen molar-refractivity contribution in [2.75, 3.05) is 39.9 Å². The van der Waals surface area contributed by atoms with E-state index in [-0.39, 0.29) is 0 Å². The summed E-state index contributed by atoms with van der Waals surface area (Å²) in [4.78, 5) is 7.32. The maximum absolute atomic E-state index is 5.66. The van der Waals surface area contributed by atoms with Crippen molar-refractivity contribution in [3.8, 4) is 11.5 Å². The van der Waals surface area contributed by atoms with Gasteiger partial charge < -0.3 is 25.0 Å². The predicted octanol–water partition coefficient (Wildman–Crippen LogP) is 3.02. The number of hydrogen-bond acceptors (Lipinski definition) is 4. The van der Waals surface area contributed by atoms with Crippen molar-refractivity contribution in [2.45, 2.75) is 52.6 Å². The van der Waals surface area contributed by atoms with Crippen molar-refractivity contribution in [3.63, 3.8) is 0 Å². The molecule has 0 radical (unpaired) electrons. The molecule has 2 rings (SSSR count). The molecular formula is C21H36N4O2. The lowest BCUT2D eigenvalue weighted by Gasteiger charge is -2.32. The van der Waals surface area contributed by atoms with Gasteiger partial charge in [-0.2, -0.15) is 0 Å². The largest absolute Gasteiger partial charge is 0.493 e. The quantitative estimate of drug-likeness (QED) is 0.512. The van der Waals surface area contributed by atoms with Crippen molar-refractivity contribution < 1.29 is 9.47 Å². The molecule has 0 aliphatic carbocycles. The highest BCUT2D eigenvalue weighted by atomic mass is 16.5. The molecule has 1 aromatic rings. The molecule has 1 aromatic carbocycles. The summed E-state index contributed by atoms with van der Waals surface area (Å²) in [6.45, 7) is 11.9. The molecule has 1 fully saturated rings. The Bertz CT molecular complexity index is 584. The Morgan fingerprint density at radius 3 is 2.59 bits per heavy atom. The van der Waals surface area contributed by atoms with Crippen LogP contribution in [0.4, 0.5) is 0 Å². The number of nitrogens with one attached hydrogen (secondary N) is 2. The third-order valence-electron chi connectivity index (χ3n) is 4.76. The van der Waals surface area contributed by atoms with Crippen LogP contribution in [0.15, 0.2) is 23.2 Å². The van der Waals surface area contributed by atoms with Gasteiger partial charge in [-0.15, -0.1) is 0 Å². The standard InChI is InChI=1S/C21H36N4O2/c1-5-12-25-13-10-18(11-14-25)24-21(22-6-2)23-16-17-8-9-19(26-4)20(15-17)27-7-3/h8-9,15,18H,5-7,10-14,16H2,1-4H3,(H2,22,23,24). The van der Waals surface area contributed by atoms with Crippen LogP contribution in [-0.2, 0) is 6.54 Å². The van der Waals surface area contributed by atoms with Gasteiger partial charge in [-0.1, -0.05) is 13.0 Å². The highest BCUT2D eigenvalue weighted by Crippen LogP contribution is 2.28. The van der Waals surface area contributed by atoms with Crippen LogP contribution in [0.25, 0.3) is 0 Å². The Balaban J connectivity index is 1.96. The van der Waals surface area contributed by atoms with Crippen LogP contribution in [0.5, 0.6) is 11.5 Å². The molecule has 1 heterocycles. The molecule has 0 atom stereocenters. The molecule has 152 valence electrons. The molecule has 0 amide bonds. The number of benzene rings is 1. The summed E-state index contributed by atoms with van der Waals surface area (Å²) in [6, 6.07) is 6.49. The van der Waals surface area contributed by atoms with Crippen molar-refractivity contribution in [1.82, 2.24) is 15.5 Å². The lowest BCUT2D eigenvalue weighted by atomic mass is 10.1. The van der Waals surface area contributed by atoms with Gasteiger partial charge in [-0.25, -0.2) is 4.99 Å². The average Bonchev–Trinajstić information content (AvgIpc) is 2.68. The zero-order chi connectivity index (χ0) is 19.5. The average molecular weight is 377 g/mol. The summed E-state index contributed by atoms with van der Waals surface area (Å²) in [5.41, 5.74) is 1.11. The number of hydrogen-bond donors (Lipinski definition) is 2. The molecule has 0 unspecified atom stereocenters. The minimum absolute atomic E-state index is 0.491. The maximum atomic E-state index is 5.66. The first kappa shape index (κ1) is 21.4. The van der Waals surface area contributed by atoms with E-state index < -0.39 is 0 Å². The van der Waals surface area contributed by atoms with Crippen LogP contribution in [0.3, 0.4) is 0 Å². The van der Waals surface area contributed by atoms with Crippen LogP contribution in [0.2, 0.25) is 0 Å². The highest BCUT2D eigenvalue weighted by molar-refractivity contribution is 5.80. The van der Waals surface area contributed by atoms with Crippen LogP contribution in [-0.4, -0.2) is 56.8 Å². The highest BCUT2D eigenvalue weighted by Gasteiger charge is 2.19. The zero-order valence-electron chi connectivity index (χ0n) is 17.4. The molecule has 0 saturated carbocycles. The van der Waals surface area contributed by atoms with Crippen molar-refractivity contribution in [3.05, 3.63) is 23.8 Å². The van der Waals surface area contributed by atoms with E-state index in [4.69, 9.17) is 14.5 Å². The van der Waals surface area contributed by atoms with E-state index in [1.54, 1.807) is 7.11 Å². The molecule has 6 nitrogen and oxygen atoms in total. The number of methoxy groups -OCH3 is 1. The fourth-order valence-electron chi connectivity index (χ4n) is 3.39. The van der Waals surface area contributed by atoms with E-state index in [1.807, 2.05) is 25.1 Å². The normalized spacial score (nSPS) is 16.2. The molecule has 1 aliphatic rings. The fraction of sp³-hybridized carbons (Fsp3) is 0.667. The zero-order valence-corrected chi connectivity index (χ0v) is 17.4. The van der Waals surface area contributed by atoms with Crippen molar-refractivity contribution in [2.24, 2.45) is 4.99 Å². The third kappa shape index (κ3) is 6.94. The second kappa shape index (κ2) is 11.7. The molecule has 2 N–H and O–H groups in total. The Morgan fingerprint density at radius 1 is 1.19 bits per heavy atom. The second-order valence-electron chi connectivity index (χ2n) is 6.87. The molecule has 6 heteroatoms. The van der Waals surface area contributed by atoms with Crippen LogP contribution in [0, 0.1) is 0 Å². The van der Waals surface area contributed by atoms with Gasteiger partial charge in [-0.05, 0) is 57.4 Å². The minimum Gasteiger partial charge on any atom is -0.493 e. The van der Waals surface area contributed by atoms with Gasteiger partial charge >= 0.3 is 0 Å². The number of ether oxygens (including phenoxy) is 2. The second-order valence-corrected chi connectivity index (χ2v) is 6.87. The lowest BCUT2D eigenvalue weighted by Crippen LogP contribution is -2.48. The number of guanidine groups is 1. The Hall–Kier alpha value is -1.95. The molecule has 27 heavy (non-hydrogen) atoms. The van der Waals surface area contributed by atoms with E-state index in [9.17, 15) is 0 Å². The molecular weight excluding hydrogens is 340 g/mol. The number of rotatable bonds is 9. The summed E-state index contributed by atoms with van der Waals surface area (Å²) in [5, 5.41) is 6.98. The van der Waals surface area contributed by atoms with Crippen molar-refractivity contribution >= 4 is 5.96 Å². The summed E-state index contributed by atoms with van der Waals surface area (Å²) >= 11 is 0. The van der Waals surface area contributed by atoms with Gasteiger partial charge in [0.2, 0.25) is 0 Å². The van der Waals surface area contributed by atoms with Gasteiger partial charge in [0.1, 0.15) is 0 Å². The maximum Gasteiger partial charge on any atom is 0.191 e. The summed E-state index contributed by atoms with van der Waals surface area (Å²) in [6.07, 6.45) is 3.57. The van der Waals surface area contributed by atoms with Crippen molar-refractivity contribution in [1.29, 1.82) is 0 Å². The first-order valence-electron chi connectivity index (χ1n) is 10.3. The summed E-state index contributed by atoms with van der Waals surface area (Å²) in [5.74, 6) is 2.42. The summed E-state index contributed by atoms with van der Waals surface area (Å²) < 4.78 is 11.0. The molecule has 1 saturated heterocycles. The Labute approximate surface area is 164 Å². The first-order valence-corrected chi connectivity index (χ1v) is 10.3.